The molecule has 94 valence electrons. The normalized spacial score (nSPS) is 10.7. The smallest absolute Gasteiger partial charge is 0.356 e. The number of halogens is 2. The molecule has 0 aliphatic rings. The van der Waals surface area contributed by atoms with Crippen molar-refractivity contribution in [2.24, 2.45) is 7.05 Å². The van der Waals surface area contributed by atoms with E-state index >= 15 is 0 Å². The zero-order valence-corrected chi connectivity index (χ0v) is 9.74. The van der Waals surface area contributed by atoms with Gasteiger partial charge in [-0.15, -0.1) is 0 Å². The molecule has 0 atom stereocenters. The monoisotopic (exact) mass is 252 g/mol. The maximum absolute atomic E-state index is 13.8. The standard InChI is InChI=1S/C12H10F2N2O2/c1-6-3-9(14)7(4-8(6)13)11-5-10(12(17)18)15-16(11)2/h3-5H,1-2H3,(H,17,18). The van der Waals surface area contributed by atoms with E-state index in [-0.39, 0.29) is 22.5 Å². The SMILES string of the molecule is Cc1cc(F)c(-c2cc(C(=O)O)nn2C)cc1F. The molecule has 0 saturated heterocycles. The van der Waals surface area contributed by atoms with Gasteiger partial charge in [-0.25, -0.2) is 13.6 Å². The number of benzene rings is 1. The largest absolute Gasteiger partial charge is 0.476 e. The summed E-state index contributed by atoms with van der Waals surface area (Å²) in [6.07, 6.45) is 0. The molecule has 0 fully saturated rings. The highest BCUT2D eigenvalue weighted by molar-refractivity contribution is 5.87. The Morgan fingerprint density at radius 2 is 1.94 bits per heavy atom. The number of hydrogen-bond donors (Lipinski definition) is 1. The quantitative estimate of drug-likeness (QED) is 0.892. The van der Waals surface area contributed by atoms with E-state index in [0.717, 1.165) is 12.1 Å². The first-order valence-corrected chi connectivity index (χ1v) is 5.13. The van der Waals surface area contributed by atoms with E-state index in [4.69, 9.17) is 5.11 Å². The van der Waals surface area contributed by atoms with Crippen molar-refractivity contribution in [2.75, 3.05) is 0 Å². The van der Waals surface area contributed by atoms with Gasteiger partial charge in [-0.3, -0.25) is 4.68 Å². The van der Waals surface area contributed by atoms with Crippen LogP contribution in [0.4, 0.5) is 8.78 Å². The van der Waals surface area contributed by atoms with E-state index in [1.807, 2.05) is 0 Å². The van der Waals surface area contributed by atoms with Crippen LogP contribution in [-0.4, -0.2) is 20.9 Å². The van der Waals surface area contributed by atoms with Crippen molar-refractivity contribution in [2.45, 2.75) is 6.92 Å². The molecule has 0 unspecified atom stereocenters. The fourth-order valence-electron chi connectivity index (χ4n) is 1.67. The predicted octanol–water partition coefficient (Wildman–Crippen LogP) is 2.37. The Labute approximate surface area is 101 Å². The second-order valence-corrected chi connectivity index (χ2v) is 3.92. The molecule has 1 aromatic heterocycles. The molecule has 2 aromatic rings. The van der Waals surface area contributed by atoms with Gasteiger partial charge in [0.25, 0.3) is 0 Å². The van der Waals surface area contributed by atoms with E-state index in [1.165, 1.54) is 24.7 Å². The fraction of sp³-hybridized carbons (Fsp3) is 0.167. The van der Waals surface area contributed by atoms with Crippen LogP contribution in [0.1, 0.15) is 16.1 Å². The van der Waals surface area contributed by atoms with Gasteiger partial charge >= 0.3 is 5.97 Å². The number of aromatic nitrogens is 2. The molecular weight excluding hydrogens is 242 g/mol. The highest BCUT2D eigenvalue weighted by Crippen LogP contribution is 2.25. The highest BCUT2D eigenvalue weighted by atomic mass is 19.1. The van der Waals surface area contributed by atoms with Crippen LogP contribution in [0, 0.1) is 18.6 Å². The zero-order chi connectivity index (χ0) is 13.4. The molecule has 2 rings (SSSR count). The molecule has 1 N–H and O–H groups in total. The average molecular weight is 252 g/mol. The summed E-state index contributed by atoms with van der Waals surface area (Å²) in [6, 6.07) is 3.31. The molecule has 0 saturated carbocycles. The van der Waals surface area contributed by atoms with E-state index in [2.05, 4.69) is 5.10 Å². The summed E-state index contributed by atoms with van der Waals surface area (Å²) >= 11 is 0. The van der Waals surface area contributed by atoms with Gasteiger partial charge in [0.1, 0.15) is 11.6 Å². The van der Waals surface area contributed by atoms with Gasteiger partial charge in [0.05, 0.1) is 5.69 Å². The molecule has 0 aliphatic carbocycles. The van der Waals surface area contributed by atoms with Crippen LogP contribution in [0.15, 0.2) is 18.2 Å². The molecule has 18 heavy (non-hydrogen) atoms. The Morgan fingerprint density at radius 1 is 1.28 bits per heavy atom. The summed E-state index contributed by atoms with van der Waals surface area (Å²) in [7, 11) is 1.47. The van der Waals surface area contributed by atoms with Crippen LogP contribution >= 0.6 is 0 Å². The Kier molecular flexibility index (Phi) is 2.86. The first kappa shape index (κ1) is 12.2. The first-order chi connectivity index (χ1) is 8.40. The fourth-order valence-corrected chi connectivity index (χ4v) is 1.67. The molecule has 0 bridgehead atoms. The first-order valence-electron chi connectivity index (χ1n) is 5.13. The minimum atomic E-state index is -1.22. The number of aryl methyl sites for hydroxylation is 2. The number of aromatic carboxylic acids is 1. The van der Waals surface area contributed by atoms with Crippen molar-refractivity contribution >= 4 is 5.97 Å². The van der Waals surface area contributed by atoms with Crippen molar-refractivity contribution in [3.05, 3.63) is 41.1 Å². The van der Waals surface area contributed by atoms with Crippen molar-refractivity contribution in [1.29, 1.82) is 0 Å². The van der Waals surface area contributed by atoms with Crippen LogP contribution in [0.25, 0.3) is 11.3 Å². The molecule has 0 radical (unpaired) electrons. The van der Waals surface area contributed by atoms with Crippen LogP contribution < -0.4 is 0 Å². The second-order valence-electron chi connectivity index (χ2n) is 3.92. The third kappa shape index (κ3) is 1.97. The number of carbonyl (C=O) groups is 1. The Hall–Kier alpha value is -2.24. The van der Waals surface area contributed by atoms with E-state index in [1.54, 1.807) is 0 Å². The molecule has 0 aliphatic heterocycles. The van der Waals surface area contributed by atoms with E-state index in [9.17, 15) is 13.6 Å². The summed E-state index contributed by atoms with van der Waals surface area (Å²) in [5.74, 6) is -2.39. The molecular formula is C12H10F2N2O2. The molecule has 1 heterocycles. The minimum absolute atomic E-state index is 0.0133. The summed E-state index contributed by atoms with van der Waals surface area (Å²) in [4.78, 5) is 10.8. The number of carboxylic acid groups (broad SMARTS) is 1. The van der Waals surface area contributed by atoms with Gasteiger partial charge in [0.2, 0.25) is 0 Å². The number of rotatable bonds is 2. The number of carboxylic acids is 1. The summed E-state index contributed by atoms with van der Waals surface area (Å²) in [6.45, 7) is 1.45. The zero-order valence-electron chi connectivity index (χ0n) is 9.74. The van der Waals surface area contributed by atoms with Crippen LogP contribution in [0.3, 0.4) is 0 Å². The maximum Gasteiger partial charge on any atom is 0.356 e. The summed E-state index contributed by atoms with van der Waals surface area (Å²) in [5, 5.41) is 12.5. The third-order valence-corrected chi connectivity index (χ3v) is 2.62. The van der Waals surface area contributed by atoms with Crippen LogP contribution in [0.5, 0.6) is 0 Å². The maximum atomic E-state index is 13.8. The second kappa shape index (κ2) is 4.21. The van der Waals surface area contributed by atoms with Gasteiger partial charge in [-0.05, 0) is 30.7 Å². The third-order valence-electron chi connectivity index (χ3n) is 2.62. The molecule has 0 spiro atoms. The van der Waals surface area contributed by atoms with Gasteiger partial charge in [-0.2, -0.15) is 5.10 Å². The van der Waals surface area contributed by atoms with Gasteiger partial charge in [-0.1, -0.05) is 0 Å². The predicted molar refractivity (Wildman–Crippen MR) is 60.3 cm³/mol. The van der Waals surface area contributed by atoms with Crippen molar-refractivity contribution in [1.82, 2.24) is 9.78 Å². The van der Waals surface area contributed by atoms with Gasteiger partial charge < -0.3 is 5.11 Å². The van der Waals surface area contributed by atoms with E-state index < -0.39 is 17.6 Å². The van der Waals surface area contributed by atoms with Crippen molar-refractivity contribution < 1.29 is 18.7 Å². The van der Waals surface area contributed by atoms with E-state index in [0.29, 0.717) is 0 Å². The number of nitrogens with zero attached hydrogens (tertiary/aromatic N) is 2. The molecule has 1 aromatic carbocycles. The summed E-state index contributed by atoms with van der Waals surface area (Å²) in [5.41, 5.74) is 0.175. The Balaban J connectivity index is 2.62. The minimum Gasteiger partial charge on any atom is -0.476 e. The van der Waals surface area contributed by atoms with Crippen LogP contribution in [-0.2, 0) is 7.05 Å². The Morgan fingerprint density at radius 3 is 2.50 bits per heavy atom. The Bertz CT molecular complexity index is 635. The topological polar surface area (TPSA) is 55.1 Å². The van der Waals surface area contributed by atoms with Crippen molar-refractivity contribution in [3.63, 3.8) is 0 Å². The van der Waals surface area contributed by atoms with Crippen LogP contribution in [0.2, 0.25) is 0 Å². The average Bonchev–Trinajstić information content (AvgIpc) is 2.66. The highest BCUT2D eigenvalue weighted by Gasteiger charge is 2.16. The lowest BCUT2D eigenvalue weighted by molar-refractivity contribution is 0.0689. The lowest BCUT2D eigenvalue weighted by Gasteiger charge is -2.05. The molecule has 4 nitrogen and oxygen atoms in total. The van der Waals surface area contributed by atoms with Crippen molar-refractivity contribution in [3.8, 4) is 11.3 Å². The number of hydrogen-bond acceptors (Lipinski definition) is 2. The lowest BCUT2D eigenvalue weighted by atomic mass is 10.1. The molecule has 0 amide bonds. The molecule has 6 heteroatoms. The van der Waals surface area contributed by atoms with Gasteiger partial charge in [0, 0.05) is 12.6 Å². The van der Waals surface area contributed by atoms with Gasteiger partial charge in [0.15, 0.2) is 5.69 Å². The lowest BCUT2D eigenvalue weighted by Crippen LogP contribution is -2.00. The summed E-state index contributed by atoms with van der Waals surface area (Å²) < 4.78 is 28.4.